The Kier molecular flexibility index (Phi) is 6.86. The maximum atomic E-state index is 12.9. The number of anilines is 3. The molecule has 1 unspecified atom stereocenters. The van der Waals surface area contributed by atoms with E-state index in [2.05, 4.69) is 33.2 Å². The molecule has 0 aliphatic heterocycles. The highest BCUT2D eigenvalue weighted by Crippen LogP contribution is 2.42. The van der Waals surface area contributed by atoms with Crippen LogP contribution in [0.4, 0.5) is 17.3 Å². The van der Waals surface area contributed by atoms with Crippen LogP contribution in [0, 0.1) is 0 Å². The van der Waals surface area contributed by atoms with Gasteiger partial charge in [-0.1, -0.05) is 13.8 Å². The Hall–Kier alpha value is -2.19. The van der Waals surface area contributed by atoms with E-state index >= 15 is 0 Å². The minimum absolute atomic E-state index is 0.125. The molecule has 0 aromatic carbocycles. The molecule has 0 aliphatic carbocycles. The predicted molar refractivity (Wildman–Crippen MR) is 125 cm³/mol. The second kappa shape index (κ2) is 8.98. The fraction of sp³-hybridized carbons (Fsp3) is 0.474. The maximum absolute atomic E-state index is 12.9. The van der Waals surface area contributed by atoms with Crippen molar-refractivity contribution in [3.8, 4) is 5.75 Å². The van der Waals surface area contributed by atoms with Gasteiger partial charge in [0.05, 0.1) is 18.5 Å². The Morgan fingerprint density at radius 1 is 1.31 bits per heavy atom. The third-order valence-electron chi connectivity index (χ3n) is 4.86. The first-order valence-electron chi connectivity index (χ1n) is 9.78. The summed E-state index contributed by atoms with van der Waals surface area (Å²) in [5.74, 6) is 0.906. The lowest BCUT2D eigenvalue weighted by Gasteiger charge is -2.30. The average Bonchev–Trinajstić information content (AvgIpc) is 3.39. The Morgan fingerprint density at radius 2 is 1.97 bits per heavy atom. The summed E-state index contributed by atoms with van der Waals surface area (Å²) in [7, 11) is -2.45. The van der Waals surface area contributed by atoms with Crippen molar-refractivity contribution in [2.75, 3.05) is 17.7 Å². The van der Waals surface area contributed by atoms with Crippen molar-refractivity contribution in [2.24, 2.45) is 0 Å². The molecule has 3 heterocycles. The van der Waals surface area contributed by atoms with Crippen LogP contribution in [0.3, 0.4) is 0 Å². The predicted octanol–water partition coefficient (Wildman–Crippen LogP) is 4.46. The number of nitrogens with zero attached hydrogens (tertiary/aromatic N) is 3. The Labute approximate surface area is 194 Å². The van der Waals surface area contributed by atoms with Gasteiger partial charge in [0.25, 0.3) is 10.0 Å². The molecule has 0 aliphatic rings. The fourth-order valence-corrected chi connectivity index (χ4v) is 6.19. The molecule has 0 saturated heterocycles. The van der Waals surface area contributed by atoms with Crippen LogP contribution < -0.4 is 10.6 Å². The molecule has 0 amide bonds. The molecular weight excluding hydrogens is 474 g/mol. The second-order valence-corrected chi connectivity index (χ2v) is 12.4. The van der Waals surface area contributed by atoms with Crippen LogP contribution in [0.25, 0.3) is 0 Å². The van der Waals surface area contributed by atoms with Gasteiger partial charge in [-0.2, -0.15) is 4.31 Å². The number of furan rings is 1. The molecule has 3 N–H and O–H groups in total. The molecule has 0 bridgehead atoms. The number of rotatable bonds is 8. The first kappa shape index (κ1) is 24.5. The lowest BCUT2D eigenvalue weighted by atomic mass is 10.1. The van der Waals surface area contributed by atoms with Gasteiger partial charge in [-0.25, -0.2) is 8.42 Å². The molecule has 1 atom stereocenters. The smallest absolute Gasteiger partial charge is 0.256 e. The van der Waals surface area contributed by atoms with Crippen LogP contribution in [-0.2, 0) is 16.6 Å². The average molecular weight is 502 g/mol. The van der Waals surface area contributed by atoms with E-state index in [9.17, 15) is 18.1 Å². The van der Waals surface area contributed by atoms with Crippen LogP contribution in [0.15, 0.2) is 26.3 Å². The summed E-state index contributed by atoms with van der Waals surface area (Å²) in [6.07, 6.45) is 1.68. The molecular formula is C19H27N5O5S3. The van der Waals surface area contributed by atoms with Gasteiger partial charge in [0, 0.05) is 26.7 Å². The fourth-order valence-electron chi connectivity index (χ4n) is 2.64. The molecule has 0 radical (unpaired) electrons. The minimum atomic E-state index is -3.91. The monoisotopic (exact) mass is 501 g/mol. The van der Waals surface area contributed by atoms with Crippen molar-refractivity contribution in [2.45, 2.75) is 56.8 Å². The van der Waals surface area contributed by atoms with Gasteiger partial charge in [-0.05, 0) is 38.3 Å². The van der Waals surface area contributed by atoms with Crippen LogP contribution in [-0.4, -0.2) is 43.7 Å². The molecule has 3 aromatic heterocycles. The van der Waals surface area contributed by atoms with Crippen molar-refractivity contribution < 1.29 is 22.5 Å². The van der Waals surface area contributed by atoms with Crippen molar-refractivity contribution in [1.82, 2.24) is 13.1 Å². The van der Waals surface area contributed by atoms with E-state index in [-0.39, 0.29) is 28.1 Å². The van der Waals surface area contributed by atoms with Gasteiger partial charge in [0.15, 0.2) is 21.1 Å². The number of thiophene rings is 1. The summed E-state index contributed by atoms with van der Waals surface area (Å²) in [5, 5.41) is 17.9. The van der Waals surface area contributed by atoms with Gasteiger partial charge in [-0.3, -0.25) is 0 Å². The van der Waals surface area contributed by atoms with E-state index in [4.69, 9.17) is 4.42 Å². The Bertz CT molecular complexity index is 1190. The highest BCUT2D eigenvalue weighted by Gasteiger charge is 2.34. The number of hydrogen-bond acceptors (Lipinski definition) is 10. The van der Waals surface area contributed by atoms with E-state index in [1.54, 1.807) is 27.0 Å². The number of nitrogens with one attached hydrogen (secondary N) is 2. The van der Waals surface area contributed by atoms with E-state index in [1.165, 1.54) is 16.7 Å². The lowest BCUT2D eigenvalue weighted by molar-refractivity contribution is 0.291. The van der Waals surface area contributed by atoms with E-state index in [0.717, 1.165) is 16.9 Å². The minimum Gasteiger partial charge on any atom is -0.546 e. The largest absolute Gasteiger partial charge is 0.546 e. The SMILES string of the molecule is CC(C)c1coc(CNc2n[s+]([O-])nc2Nc2csc(S(=O)(=O)N(C)C(C)(C)C)c2O)c1. The van der Waals surface area contributed by atoms with Gasteiger partial charge >= 0.3 is 0 Å². The summed E-state index contributed by atoms with van der Waals surface area (Å²) in [6.45, 7) is 9.68. The zero-order valence-electron chi connectivity index (χ0n) is 18.7. The molecule has 32 heavy (non-hydrogen) atoms. The molecule has 176 valence electrons. The van der Waals surface area contributed by atoms with Crippen molar-refractivity contribution >= 4 is 49.8 Å². The first-order valence-corrected chi connectivity index (χ1v) is 13.2. The number of aromatic hydroxyl groups is 1. The molecule has 0 fully saturated rings. The van der Waals surface area contributed by atoms with Crippen LogP contribution in [0.2, 0.25) is 0 Å². The molecule has 10 nitrogen and oxygen atoms in total. The summed E-state index contributed by atoms with van der Waals surface area (Å²) in [5.41, 5.74) is 0.520. The topological polar surface area (TPSA) is 144 Å². The standard InChI is InChI=1S/C19H27N5O5S3/c1-11(2)12-7-13(29-9-12)8-20-16-17(23-31(26)22-16)21-14-10-30-18(15(14)25)32(27,28)24(6)19(3,4)5/h7,9-11,25H,8H2,1-6H3,(H,20,22)(H,21,23). The zero-order chi connectivity index (χ0) is 23.8. The van der Waals surface area contributed by atoms with Crippen LogP contribution >= 0.6 is 22.5 Å². The number of sulfonamides is 1. The molecule has 3 rings (SSSR count). The normalized spacial score (nSPS) is 13.2. The maximum Gasteiger partial charge on any atom is 0.256 e. The third-order valence-corrected chi connectivity index (χ3v) is 9.15. The second-order valence-electron chi connectivity index (χ2n) is 8.52. The Balaban J connectivity index is 1.80. The summed E-state index contributed by atoms with van der Waals surface area (Å²) >= 11 is -0.957. The third kappa shape index (κ3) is 5.07. The number of hydrogen-bond donors (Lipinski definition) is 3. The highest BCUT2D eigenvalue weighted by molar-refractivity contribution is 7.91. The van der Waals surface area contributed by atoms with Crippen molar-refractivity contribution in [3.63, 3.8) is 0 Å². The Morgan fingerprint density at radius 3 is 2.56 bits per heavy atom. The van der Waals surface area contributed by atoms with Gasteiger partial charge in [0.1, 0.15) is 5.76 Å². The van der Waals surface area contributed by atoms with Crippen LogP contribution in [0.5, 0.6) is 5.75 Å². The van der Waals surface area contributed by atoms with Gasteiger partial charge < -0.3 is 24.7 Å². The van der Waals surface area contributed by atoms with E-state index in [0.29, 0.717) is 11.7 Å². The van der Waals surface area contributed by atoms with E-state index in [1.807, 2.05) is 6.07 Å². The highest BCUT2D eigenvalue weighted by atomic mass is 32.2. The van der Waals surface area contributed by atoms with Crippen LogP contribution in [0.1, 0.15) is 51.9 Å². The summed E-state index contributed by atoms with van der Waals surface area (Å²) in [6, 6.07) is 1.92. The molecule has 3 aromatic rings. The van der Waals surface area contributed by atoms with Gasteiger partial charge in [0.2, 0.25) is 11.6 Å². The number of aromatic nitrogens is 2. The van der Waals surface area contributed by atoms with Crippen molar-refractivity contribution in [1.29, 1.82) is 0 Å². The van der Waals surface area contributed by atoms with Gasteiger partial charge in [-0.15, -0.1) is 11.3 Å². The van der Waals surface area contributed by atoms with E-state index < -0.39 is 32.5 Å². The molecule has 13 heteroatoms. The summed E-state index contributed by atoms with van der Waals surface area (Å²) in [4.78, 5) is 0. The lowest BCUT2D eigenvalue weighted by Crippen LogP contribution is -2.42. The van der Waals surface area contributed by atoms with Crippen molar-refractivity contribution in [3.05, 3.63) is 29.0 Å². The molecule has 0 saturated carbocycles. The first-order chi connectivity index (χ1) is 14.8. The molecule has 0 spiro atoms. The quantitative estimate of drug-likeness (QED) is 0.381. The summed E-state index contributed by atoms with van der Waals surface area (Å²) < 4.78 is 52.0. The zero-order valence-corrected chi connectivity index (χ0v) is 21.1.